The van der Waals surface area contributed by atoms with Crippen LogP contribution in [0, 0.1) is 6.92 Å². The molecule has 0 aliphatic rings. The van der Waals surface area contributed by atoms with Crippen molar-refractivity contribution in [1.82, 2.24) is 9.78 Å². The van der Waals surface area contributed by atoms with Crippen molar-refractivity contribution in [2.45, 2.75) is 33.9 Å². The first-order chi connectivity index (χ1) is 9.67. The van der Waals surface area contributed by atoms with Crippen LogP contribution in [-0.2, 0) is 13.1 Å². The molecular weight excluding hydrogens is 274 g/mol. The van der Waals surface area contributed by atoms with E-state index in [1.807, 2.05) is 42.8 Å². The Bertz CT molecular complexity index is 580. The van der Waals surface area contributed by atoms with Gasteiger partial charge in [-0.3, -0.25) is 4.68 Å². The number of aryl methyl sites for hydroxylation is 2. The van der Waals surface area contributed by atoms with Gasteiger partial charge in [0, 0.05) is 6.54 Å². The molecule has 0 aliphatic carbocycles. The van der Waals surface area contributed by atoms with Crippen molar-refractivity contribution in [2.24, 2.45) is 0 Å². The third-order valence-electron chi connectivity index (χ3n) is 3.09. The summed E-state index contributed by atoms with van der Waals surface area (Å²) in [6, 6.07) is 7.90. The third kappa shape index (κ3) is 3.07. The van der Waals surface area contributed by atoms with E-state index in [0.717, 1.165) is 34.4 Å². The minimum atomic E-state index is 0.623. The van der Waals surface area contributed by atoms with Crippen molar-refractivity contribution in [3.8, 4) is 5.75 Å². The van der Waals surface area contributed by atoms with E-state index < -0.39 is 0 Å². The summed E-state index contributed by atoms with van der Waals surface area (Å²) in [6.45, 7) is 8.02. The number of aromatic nitrogens is 2. The molecule has 5 heteroatoms. The largest absolute Gasteiger partial charge is 0.492 e. The first-order valence-electron chi connectivity index (χ1n) is 6.84. The summed E-state index contributed by atoms with van der Waals surface area (Å²) in [5, 5.41) is 8.52. The first-order valence-corrected chi connectivity index (χ1v) is 7.22. The highest BCUT2D eigenvalue weighted by atomic mass is 35.5. The Balaban J connectivity index is 2.17. The number of halogens is 1. The summed E-state index contributed by atoms with van der Waals surface area (Å²) in [4.78, 5) is 0. The quantitative estimate of drug-likeness (QED) is 0.878. The molecular formula is C15H20ClN3O. The molecule has 0 bridgehead atoms. The number of nitrogens with one attached hydrogen (secondary N) is 1. The fourth-order valence-corrected chi connectivity index (χ4v) is 2.31. The zero-order valence-electron chi connectivity index (χ0n) is 12.1. The van der Waals surface area contributed by atoms with E-state index in [9.17, 15) is 0 Å². The van der Waals surface area contributed by atoms with E-state index in [0.29, 0.717) is 13.2 Å². The minimum absolute atomic E-state index is 0.623. The van der Waals surface area contributed by atoms with Gasteiger partial charge >= 0.3 is 0 Å². The Hall–Kier alpha value is -1.68. The molecule has 0 atom stereocenters. The Labute approximate surface area is 124 Å². The average Bonchev–Trinajstić information content (AvgIpc) is 2.74. The molecule has 0 saturated carbocycles. The van der Waals surface area contributed by atoms with E-state index >= 15 is 0 Å². The molecule has 108 valence electrons. The Kier molecular flexibility index (Phi) is 4.90. The molecule has 0 unspecified atom stereocenters. The number of ether oxygens (including phenoxy) is 1. The second-order valence-electron chi connectivity index (χ2n) is 4.44. The number of benzene rings is 1. The second-order valence-corrected chi connectivity index (χ2v) is 4.82. The van der Waals surface area contributed by atoms with E-state index in [1.165, 1.54) is 0 Å². The van der Waals surface area contributed by atoms with Crippen molar-refractivity contribution >= 4 is 17.3 Å². The van der Waals surface area contributed by atoms with Crippen molar-refractivity contribution < 1.29 is 4.74 Å². The predicted octanol–water partition coefficient (Wildman–Crippen LogP) is 3.88. The van der Waals surface area contributed by atoms with E-state index in [1.54, 1.807) is 0 Å². The van der Waals surface area contributed by atoms with Crippen LogP contribution in [0.1, 0.15) is 25.2 Å². The van der Waals surface area contributed by atoms with Gasteiger partial charge in [-0.1, -0.05) is 23.7 Å². The predicted molar refractivity (Wildman–Crippen MR) is 82.6 cm³/mol. The van der Waals surface area contributed by atoms with Crippen LogP contribution in [0.4, 0.5) is 5.69 Å². The van der Waals surface area contributed by atoms with Crippen LogP contribution in [0.3, 0.4) is 0 Å². The van der Waals surface area contributed by atoms with Crippen molar-refractivity contribution in [2.75, 3.05) is 11.9 Å². The summed E-state index contributed by atoms with van der Waals surface area (Å²) in [5.74, 6) is 0.852. The maximum atomic E-state index is 6.31. The average molecular weight is 294 g/mol. The molecule has 1 N–H and O–H groups in total. The van der Waals surface area contributed by atoms with Crippen LogP contribution in [0.15, 0.2) is 24.3 Å². The summed E-state index contributed by atoms with van der Waals surface area (Å²) < 4.78 is 7.52. The molecule has 0 aliphatic heterocycles. The number of hydrogen-bond acceptors (Lipinski definition) is 3. The molecule has 0 spiro atoms. The van der Waals surface area contributed by atoms with Gasteiger partial charge in [-0.05, 0) is 32.9 Å². The normalized spacial score (nSPS) is 10.6. The maximum Gasteiger partial charge on any atom is 0.142 e. The van der Waals surface area contributed by atoms with Crippen molar-refractivity contribution in [3.05, 3.63) is 40.7 Å². The molecule has 2 rings (SSSR count). The van der Waals surface area contributed by atoms with Crippen molar-refractivity contribution in [3.63, 3.8) is 0 Å². The zero-order chi connectivity index (χ0) is 14.5. The molecule has 1 aromatic heterocycles. The number of nitrogens with zero attached hydrogens (tertiary/aromatic N) is 2. The minimum Gasteiger partial charge on any atom is -0.492 e. The van der Waals surface area contributed by atoms with Crippen LogP contribution in [0.5, 0.6) is 5.75 Å². The highest BCUT2D eigenvalue weighted by Crippen LogP contribution is 2.26. The second kappa shape index (κ2) is 6.66. The molecule has 20 heavy (non-hydrogen) atoms. The lowest BCUT2D eigenvalue weighted by Gasteiger charge is -2.13. The molecule has 0 fully saturated rings. The highest BCUT2D eigenvalue weighted by molar-refractivity contribution is 6.31. The lowest BCUT2D eigenvalue weighted by Crippen LogP contribution is -2.09. The van der Waals surface area contributed by atoms with Gasteiger partial charge in [-0.2, -0.15) is 5.10 Å². The van der Waals surface area contributed by atoms with E-state index in [2.05, 4.69) is 17.3 Å². The fourth-order valence-electron chi connectivity index (χ4n) is 2.11. The van der Waals surface area contributed by atoms with E-state index in [-0.39, 0.29) is 0 Å². The van der Waals surface area contributed by atoms with Gasteiger partial charge in [0.25, 0.3) is 0 Å². The van der Waals surface area contributed by atoms with Crippen LogP contribution >= 0.6 is 11.6 Å². The molecule has 0 radical (unpaired) electrons. The summed E-state index contributed by atoms with van der Waals surface area (Å²) in [6.07, 6.45) is 0. The molecule has 2 aromatic rings. The molecule has 0 saturated heterocycles. The SMILES string of the molecule is CCOc1ccccc1NCc1c(Cl)c(C)nn1CC. The van der Waals surface area contributed by atoms with Gasteiger partial charge in [0.05, 0.1) is 35.2 Å². The summed E-state index contributed by atoms with van der Waals surface area (Å²) in [7, 11) is 0. The molecule has 1 aromatic carbocycles. The maximum absolute atomic E-state index is 6.31. The first kappa shape index (κ1) is 14.7. The monoisotopic (exact) mass is 293 g/mol. The topological polar surface area (TPSA) is 39.1 Å². The number of anilines is 1. The number of para-hydroxylation sites is 2. The van der Waals surface area contributed by atoms with Gasteiger partial charge in [0.1, 0.15) is 5.75 Å². The Morgan fingerprint density at radius 3 is 2.75 bits per heavy atom. The van der Waals surface area contributed by atoms with Gasteiger partial charge in [-0.15, -0.1) is 0 Å². The van der Waals surface area contributed by atoms with Crippen LogP contribution in [-0.4, -0.2) is 16.4 Å². The smallest absolute Gasteiger partial charge is 0.142 e. The standard InChI is InChI=1S/C15H20ClN3O/c1-4-19-13(15(16)11(3)18-19)10-17-12-8-6-7-9-14(12)20-5-2/h6-9,17H,4-5,10H2,1-3H3. The molecule has 1 heterocycles. The summed E-state index contributed by atoms with van der Waals surface area (Å²) in [5.41, 5.74) is 2.83. The lowest BCUT2D eigenvalue weighted by atomic mass is 10.2. The van der Waals surface area contributed by atoms with Gasteiger partial charge in [0.2, 0.25) is 0 Å². The lowest BCUT2D eigenvalue weighted by molar-refractivity contribution is 0.341. The Morgan fingerprint density at radius 2 is 2.05 bits per heavy atom. The van der Waals surface area contributed by atoms with Gasteiger partial charge < -0.3 is 10.1 Å². The molecule has 0 amide bonds. The van der Waals surface area contributed by atoms with Crippen molar-refractivity contribution in [1.29, 1.82) is 0 Å². The Morgan fingerprint density at radius 1 is 1.30 bits per heavy atom. The number of rotatable bonds is 6. The summed E-state index contributed by atoms with van der Waals surface area (Å²) >= 11 is 6.31. The van der Waals surface area contributed by atoms with Crippen LogP contribution < -0.4 is 10.1 Å². The van der Waals surface area contributed by atoms with Crippen LogP contribution in [0.2, 0.25) is 5.02 Å². The highest BCUT2D eigenvalue weighted by Gasteiger charge is 2.12. The van der Waals surface area contributed by atoms with Gasteiger partial charge in [0.15, 0.2) is 0 Å². The third-order valence-corrected chi connectivity index (χ3v) is 3.58. The number of hydrogen-bond donors (Lipinski definition) is 1. The molecule has 4 nitrogen and oxygen atoms in total. The fraction of sp³-hybridized carbons (Fsp3) is 0.400. The van der Waals surface area contributed by atoms with E-state index in [4.69, 9.17) is 16.3 Å². The van der Waals surface area contributed by atoms with Crippen LogP contribution in [0.25, 0.3) is 0 Å². The zero-order valence-corrected chi connectivity index (χ0v) is 12.9. The van der Waals surface area contributed by atoms with Gasteiger partial charge in [-0.25, -0.2) is 0 Å².